The third-order valence-electron chi connectivity index (χ3n) is 3.47. The number of halogens is 1. The Kier molecular flexibility index (Phi) is 3.15. The summed E-state index contributed by atoms with van der Waals surface area (Å²) in [4.78, 5) is 40.0. The number of benzene rings is 1. The van der Waals surface area contributed by atoms with Crippen molar-refractivity contribution in [3.8, 4) is 12.3 Å². The molecule has 7 heteroatoms. The van der Waals surface area contributed by atoms with Gasteiger partial charge >= 0.3 is 0 Å². The fourth-order valence-electron chi connectivity index (χ4n) is 2.32. The number of aromatic nitrogens is 3. The van der Waals surface area contributed by atoms with Crippen LogP contribution in [0.25, 0.3) is 21.8 Å². The van der Waals surface area contributed by atoms with E-state index in [1.165, 1.54) is 12.1 Å². The van der Waals surface area contributed by atoms with Crippen LogP contribution in [0.15, 0.2) is 32.6 Å². The summed E-state index contributed by atoms with van der Waals surface area (Å²) >= 11 is 5.88. The van der Waals surface area contributed by atoms with Crippen LogP contribution in [0, 0.1) is 12.3 Å². The van der Waals surface area contributed by atoms with Crippen LogP contribution in [0.1, 0.15) is 13.0 Å². The molecule has 3 aromatic rings. The van der Waals surface area contributed by atoms with Crippen molar-refractivity contribution >= 4 is 33.4 Å². The molecule has 1 unspecified atom stereocenters. The summed E-state index contributed by atoms with van der Waals surface area (Å²) in [7, 11) is 0. The molecule has 110 valence electrons. The van der Waals surface area contributed by atoms with Crippen LogP contribution < -0.4 is 16.5 Å². The van der Waals surface area contributed by atoms with Gasteiger partial charge in [-0.3, -0.25) is 19.5 Å². The maximum Gasteiger partial charge on any atom is 0.287 e. The minimum atomic E-state index is -0.676. The Morgan fingerprint density at radius 2 is 2.05 bits per heavy atom. The molecule has 2 heterocycles. The van der Waals surface area contributed by atoms with Crippen molar-refractivity contribution in [3.63, 3.8) is 0 Å². The number of hydrogen-bond acceptors (Lipinski definition) is 3. The average Bonchev–Trinajstić information content (AvgIpc) is 2.49. The van der Waals surface area contributed by atoms with E-state index in [0.29, 0.717) is 10.5 Å². The average molecular weight is 316 g/mol. The van der Waals surface area contributed by atoms with Gasteiger partial charge in [0.15, 0.2) is 0 Å². The Morgan fingerprint density at radius 1 is 1.32 bits per heavy atom. The molecule has 0 spiro atoms. The number of rotatable bonds is 1. The Bertz CT molecular complexity index is 1130. The summed E-state index contributed by atoms with van der Waals surface area (Å²) in [5.41, 5.74) is -1.48. The van der Waals surface area contributed by atoms with E-state index < -0.39 is 22.6 Å². The second-order valence-electron chi connectivity index (χ2n) is 4.85. The zero-order valence-electron chi connectivity index (χ0n) is 11.4. The van der Waals surface area contributed by atoms with E-state index in [-0.39, 0.29) is 16.3 Å². The highest BCUT2D eigenvalue weighted by molar-refractivity contribution is 6.31. The molecule has 1 aromatic carbocycles. The Hall–Kier alpha value is -2.78. The quantitative estimate of drug-likeness (QED) is 0.525. The predicted molar refractivity (Wildman–Crippen MR) is 85.5 cm³/mol. The van der Waals surface area contributed by atoms with Gasteiger partial charge in [0.1, 0.15) is 16.9 Å². The lowest BCUT2D eigenvalue weighted by Crippen LogP contribution is -2.35. The third-order valence-corrected chi connectivity index (χ3v) is 3.71. The highest BCUT2D eigenvalue weighted by Crippen LogP contribution is 2.16. The van der Waals surface area contributed by atoms with E-state index in [4.69, 9.17) is 18.0 Å². The molecule has 0 fully saturated rings. The highest BCUT2D eigenvalue weighted by Gasteiger charge is 2.16. The molecule has 1 atom stereocenters. The SMILES string of the molecule is C#CC(C)n1[nH]c(=O)c2[nH]c3cc(Cl)ccc3c(=O)c2c1=O. The highest BCUT2D eigenvalue weighted by atomic mass is 35.5. The second kappa shape index (κ2) is 4.90. The van der Waals surface area contributed by atoms with Gasteiger partial charge < -0.3 is 4.98 Å². The van der Waals surface area contributed by atoms with Crippen LogP contribution in [0.3, 0.4) is 0 Å². The molecule has 0 bridgehead atoms. The molecule has 0 saturated carbocycles. The molecule has 2 N–H and O–H groups in total. The summed E-state index contributed by atoms with van der Waals surface area (Å²) in [6, 6.07) is 3.89. The van der Waals surface area contributed by atoms with Crippen LogP contribution >= 0.6 is 11.6 Å². The lowest BCUT2D eigenvalue weighted by molar-refractivity contribution is 0.558. The van der Waals surface area contributed by atoms with E-state index in [0.717, 1.165) is 4.68 Å². The van der Waals surface area contributed by atoms with Crippen LogP contribution in [0.4, 0.5) is 0 Å². The first-order valence-corrected chi connectivity index (χ1v) is 6.78. The largest absolute Gasteiger partial charge is 0.350 e. The fourth-order valence-corrected chi connectivity index (χ4v) is 2.49. The van der Waals surface area contributed by atoms with Crippen molar-refractivity contribution in [1.29, 1.82) is 0 Å². The normalized spacial score (nSPS) is 12.4. The van der Waals surface area contributed by atoms with Gasteiger partial charge in [0.05, 0.1) is 5.52 Å². The first-order chi connectivity index (χ1) is 10.4. The second-order valence-corrected chi connectivity index (χ2v) is 5.29. The standard InChI is InChI=1S/C15H10ClN3O3/c1-3-7(2)19-15(22)11-12(14(21)18-19)17-10-6-8(16)4-5-9(10)13(11)20/h1,4-7H,2H3,(H,17,20)(H,18,21). The van der Waals surface area contributed by atoms with Crippen molar-refractivity contribution in [2.24, 2.45) is 0 Å². The van der Waals surface area contributed by atoms with Crippen LogP contribution in [-0.4, -0.2) is 14.8 Å². The van der Waals surface area contributed by atoms with Gasteiger partial charge in [0, 0.05) is 10.4 Å². The van der Waals surface area contributed by atoms with Crippen molar-refractivity contribution in [3.05, 3.63) is 54.2 Å². The van der Waals surface area contributed by atoms with Gasteiger partial charge in [-0.2, -0.15) is 0 Å². The summed E-state index contributed by atoms with van der Waals surface area (Å²) in [6.45, 7) is 1.57. The lowest BCUT2D eigenvalue weighted by atomic mass is 10.1. The van der Waals surface area contributed by atoms with Crippen molar-refractivity contribution in [2.75, 3.05) is 0 Å². The number of hydrogen-bond donors (Lipinski definition) is 2. The molecule has 0 aliphatic heterocycles. The number of terminal acetylenes is 1. The Labute approximate surface area is 128 Å². The van der Waals surface area contributed by atoms with E-state index in [1.807, 2.05) is 0 Å². The number of fused-ring (bicyclic) bond motifs is 2. The molecule has 0 aliphatic rings. The van der Waals surface area contributed by atoms with Gasteiger partial charge in [0.25, 0.3) is 11.1 Å². The first kappa shape index (κ1) is 14.2. The van der Waals surface area contributed by atoms with Crippen LogP contribution in [0.5, 0.6) is 0 Å². The zero-order chi connectivity index (χ0) is 16.0. The number of aromatic amines is 2. The van der Waals surface area contributed by atoms with Crippen LogP contribution in [-0.2, 0) is 0 Å². The minimum Gasteiger partial charge on any atom is -0.350 e. The van der Waals surface area contributed by atoms with Crippen molar-refractivity contribution < 1.29 is 0 Å². The Morgan fingerprint density at radius 3 is 2.73 bits per heavy atom. The number of H-pyrrole nitrogens is 2. The molecule has 0 amide bonds. The van der Waals surface area contributed by atoms with Crippen molar-refractivity contribution in [1.82, 2.24) is 14.8 Å². The molecule has 0 saturated heterocycles. The lowest BCUT2D eigenvalue weighted by Gasteiger charge is -2.10. The predicted octanol–water partition coefficient (Wildman–Crippen LogP) is 1.38. The van der Waals surface area contributed by atoms with E-state index in [2.05, 4.69) is 16.0 Å². The molecular formula is C15H10ClN3O3. The molecule has 2 aromatic heterocycles. The monoisotopic (exact) mass is 315 g/mol. The van der Waals surface area contributed by atoms with Gasteiger partial charge in [0.2, 0.25) is 5.43 Å². The topological polar surface area (TPSA) is 87.7 Å². The smallest absolute Gasteiger partial charge is 0.287 e. The summed E-state index contributed by atoms with van der Waals surface area (Å²) in [5.74, 6) is 2.34. The van der Waals surface area contributed by atoms with Gasteiger partial charge in [-0.15, -0.1) is 6.42 Å². The van der Waals surface area contributed by atoms with Gasteiger partial charge in [-0.25, -0.2) is 4.68 Å². The third kappa shape index (κ3) is 1.95. The minimum absolute atomic E-state index is 0.0924. The van der Waals surface area contributed by atoms with Gasteiger partial charge in [-0.1, -0.05) is 17.5 Å². The summed E-state index contributed by atoms with van der Waals surface area (Å²) < 4.78 is 0.974. The van der Waals surface area contributed by atoms with E-state index >= 15 is 0 Å². The van der Waals surface area contributed by atoms with E-state index in [9.17, 15) is 14.4 Å². The molecular weight excluding hydrogens is 306 g/mol. The molecule has 22 heavy (non-hydrogen) atoms. The molecule has 3 rings (SSSR count). The zero-order valence-corrected chi connectivity index (χ0v) is 12.2. The Balaban J connectivity index is 2.61. The van der Waals surface area contributed by atoms with Crippen LogP contribution in [0.2, 0.25) is 5.02 Å². The summed E-state index contributed by atoms with van der Waals surface area (Å²) in [6.07, 6.45) is 5.28. The first-order valence-electron chi connectivity index (χ1n) is 6.40. The molecule has 0 radical (unpaired) electrons. The number of nitrogens with zero attached hydrogens (tertiary/aromatic N) is 1. The fraction of sp³-hybridized carbons (Fsp3) is 0.133. The summed E-state index contributed by atoms with van der Waals surface area (Å²) in [5, 5.41) is 2.84. The molecule has 0 aliphatic carbocycles. The van der Waals surface area contributed by atoms with Gasteiger partial charge in [-0.05, 0) is 25.1 Å². The maximum atomic E-state index is 12.6. The number of pyridine rings is 1. The van der Waals surface area contributed by atoms with Crippen molar-refractivity contribution in [2.45, 2.75) is 13.0 Å². The number of nitrogens with one attached hydrogen (secondary N) is 2. The van der Waals surface area contributed by atoms with E-state index in [1.54, 1.807) is 13.0 Å². The maximum absolute atomic E-state index is 12.6. The molecule has 6 nitrogen and oxygen atoms in total.